The van der Waals surface area contributed by atoms with Crippen molar-refractivity contribution in [1.29, 1.82) is 0 Å². The lowest BCUT2D eigenvalue weighted by Gasteiger charge is -2.08. The molecule has 0 bridgehead atoms. The van der Waals surface area contributed by atoms with E-state index >= 15 is 0 Å². The molecule has 0 radical (unpaired) electrons. The first kappa shape index (κ1) is 15.1. The maximum absolute atomic E-state index is 13.7. The zero-order chi connectivity index (χ0) is 16.6. The van der Waals surface area contributed by atoms with Crippen LogP contribution in [0.4, 0.5) is 22.0 Å². The van der Waals surface area contributed by atoms with Gasteiger partial charge in [0.2, 0.25) is 0 Å². The van der Waals surface area contributed by atoms with E-state index in [0.29, 0.717) is 6.07 Å². The molecule has 8 heteroatoms. The van der Waals surface area contributed by atoms with Gasteiger partial charge in [-0.05, 0) is 30.3 Å². The van der Waals surface area contributed by atoms with Crippen molar-refractivity contribution in [3.63, 3.8) is 0 Å². The number of hydrogen-bond donors (Lipinski definition) is 0. The molecule has 118 valence electrons. The lowest BCUT2D eigenvalue weighted by atomic mass is 10.1. The molecule has 2 aromatic carbocycles. The van der Waals surface area contributed by atoms with Crippen LogP contribution in [0, 0.1) is 11.6 Å². The molecule has 0 saturated heterocycles. The summed E-state index contributed by atoms with van der Waals surface area (Å²) in [6, 6.07) is 7.42. The van der Waals surface area contributed by atoms with Gasteiger partial charge in [-0.1, -0.05) is 11.3 Å². The van der Waals surface area contributed by atoms with Gasteiger partial charge < -0.3 is 0 Å². The molecule has 0 saturated carbocycles. The molecule has 0 amide bonds. The van der Waals surface area contributed by atoms with E-state index in [2.05, 4.69) is 10.3 Å². The molecular formula is C15H8F5N3. The largest absolute Gasteiger partial charge is 0.416 e. The fraction of sp³-hybridized carbons (Fsp3) is 0.0667. The van der Waals surface area contributed by atoms with Gasteiger partial charge in [-0.3, -0.25) is 0 Å². The van der Waals surface area contributed by atoms with Gasteiger partial charge in [-0.2, -0.15) is 13.2 Å². The molecule has 0 N–H and O–H groups in total. The summed E-state index contributed by atoms with van der Waals surface area (Å²) >= 11 is 0. The molecular weight excluding hydrogens is 317 g/mol. The third kappa shape index (κ3) is 3.05. The van der Waals surface area contributed by atoms with Gasteiger partial charge in [-0.25, -0.2) is 13.5 Å². The Morgan fingerprint density at radius 2 is 1.74 bits per heavy atom. The van der Waals surface area contributed by atoms with Crippen LogP contribution in [0.2, 0.25) is 0 Å². The van der Waals surface area contributed by atoms with E-state index in [1.54, 1.807) is 0 Å². The normalized spacial score (nSPS) is 11.7. The first-order valence-corrected chi connectivity index (χ1v) is 6.40. The van der Waals surface area contributed by atoms with Crippen molar-refractivity contribution in [3.8, 4) is 16.9 Å². The van der Waals surface area contributed by atoms with Crippen molar-refractivity contribution < 1.29 is 22.0 Å². The highest BCUT2D eigenvalue weighted by Crippen LogP contribution is 2.30. The number of nitrogens with zero attached hydrogens (tertiary/aromatic N) is 3. The zero-order valence-electron chi connectivity index (χ0n) is 11.4. The molecule has 0 unspecified atom stereocenters. The van der Waals surface area contributed by atoms with Crippen molar-refractivity contribution in [2.45, 2.75) is 6.18 Å². The number of halogens is 5. The van der Waals surface area contributed by atoms with Gasteiger partial charge in [0.15, 0.2) is 0 Å². The lowest BCUT2D eigenvalue weighted by Crippen LogP contribution is -2.06. The van der Waals surface area contributed by atoms with Crippen LogP contribution >= 0.6 is 0 Å². The summed E-state index contributed by atoms with van der Waals surface area (Å²) in [6.45, 7) is 0. The Labute approximate surface area is 127 Å². The predicted molar refractivity (Wildman–Crippen MR) is 71.7 cm³/mol. The second-order valence-corrected chi connectivity index (χ2v) is 4.72. The van der Waals surface area contributed by atoms with E-state index in [1.807, 2.05) is 0 Å². The molecule has 1 heterocycles. The Morgan fingerprint density at radius 3 is 2.43 bits per heavy atom. The van der Waals surface area contributed by atoms with Crippen LogP contribution in [-0.4, -0.2) is 15.0 Å². The molecule has 3 rings (SSSR count). The van der Waals surface area contributed by atoms with Gasteiger partial charge in [0.05, 0.1) is 17.4 Å². The number of benzene rings is 2. The van der Waals surface area contributed by atoms with Gasteiger partial charge in [0, 0.05) is 11.6 Å². The van der Waals surface area contributed by atoms with Crippen LogP contribution in [0.5, 0.6) is 0 Å². The van der Waals surface area contributed by atoms with E-state index in [4.69, 9.17) is 0 Å². The van der Waals surface area contributed by atoms with Crippen molar-refractivity contribution in [3.05, 3.63) is 65.9 Å². The number of aromatic nitrogens is 3. The highest BCUT2D eigenvalue weighted by Gasteiger charge is 2.30. The Bertz CT molecular complexity index is 854. The zero-order valence-corrected chi connectivity index (χ0v) is 11.4. The van der Waals surface area contributed by atoms with Gasteiger partial charge in [-0.15, -0.1) is 5.10 Å². The Balaban J connectivity index is 1.99. The maximum Gasteiger partial charge on any atom is 0.416 e. The van der Waals surface area contributed by atoms with Crippen molar-refractivity contribution in [1.82, 2.24) is 15.0 Å². The van der Waals surface area contributed by atoms with Gasteiger partial charge in [0.25, 0.3) is 0 Å². The molecule has 0 aliphatic heterocycles. The monoisotopic (exact) mass is 325 g/mol. The fourth-order valence-electron chi connectivity index (χ4n) is 2.04. The van der Waals surface area contributed by atoms with Crippen LogP contribution < -0.4 is 0 Å². The maximum atomic E-state index is 13.7. The first-order chi connectivity index (χ1) is 10.8. The smallest absolute Gasteiger partial charge is 0.220 e. The Hall–Kier alpha value is -2.77. The summed E-state index contributed by atoms with van der Waals surface area (Å²) in [7, 11) is 0. The summed E-state index contributed by atoms with van der Waals surface area (Å²) in [4.78, 5) is 0. The average molecular weight is 325 g/mol. The van der Waals surface area contributed by atoms with Gasteiger partial charge >= 0.3 is 6.18 Å². The molecule has 0 fully saturated rings. The summed E-state index contributed by atoms with van der Waals surface area (Å²) < 4.78 is 65.8. The van der Waals surface area contributed by atoms with Crippen LogP contribution in [0.3, 0.4) is 0 Å². The minimum Gasteiger partial charge on any atom is -0.220 e. The predicted octanol–water partition coefficient (Wildman–Crippen LogP) is 4.23. The summed E-state index contributed by atoms with van der Waals surface area (Å²) in [5.41, 5.74) is -0.620. The minimum absolute atomic E-state index is 0.00428. The summed E-state index contributed by atoms with van der Waals surface area (Å²) in [5.74, 6) is -1.57. The van der Waals surface area contributed by atoms with Crippen LogP contribution in [0.25, 0.3) is 16.9 Å². The quantitative estimate of drug-likeness (QED) is 0.660. The fourth-order valence-corrected chi connectivity index (χ4v) is 2.04. The lowest BCUT2D eigenvalue weighted by molar-refractivity contribution is -0.137. The number of rotatable bonds is 2. The van der Waals surface area contributed by atoms with E-state index < -0.39 is 23.4 Å². The third-order valence-corrected chi connectivity index (χ3v) is 3.14. The summed E-state index contributed by atoms with van der Waals surface area (Å²) in [6.07, 6.45) is -3.21. The van der Waals surface area contributed by atoms with E-state index in [9.17, 15) is 22.0 Å². The molecule has 0 spiro atoms. The van der Waals surface area contributed by atoms with Crippen molar-refractivity contribution >= 4 is 0 Å². The molecule has 3 aromatic rings. The molecule has 0 atom stereocenters. The highest BCUT2D eigenvalue weighted by atomic mass is 19.4. The van der Waals surface area contributed by atoms with Gasteiger partial charge in [0.1, 0.15) is 17.3 Å². The minimum atomic E-state index is -4.48. The Kier molecular flexibility index (Phi) is 3.59. The SMILES string of the molecule is Fc1ccc(-c2cn(-c3cccc(C(F)(F)F)c3)nn2)c(F)c1. The standard InChI is InChI=1S/C15H8F5N3/c16-10-4-5-12(13(17)7-10)14-8-23(22-21-14)11-3-1-2-9(6-11)15(18,19)20/h1-8H. The summed E-state index contributed by atoms with van der Waals surface area (Å²) in [5, 5.41) is 7.40. The second-order valence-electron chi connectivity index (χ2n) is 4.72. The van der Waals surface area contributed by atoms with Crippen molar-refractivity contribution in [2.24, 2.45) is 0 Å². The molecule has 23 heavy (non-hydrogen) atoms. The molecule has 3 nitrogen and oxygen atoms in total. The topological polar surface area (TPSA) is 30.7 Å². The Morgan fingerprint density at radius 1 is 0.957 bits per heavy atom. The van der Waals surface area contributed by atoms with E-state index in [-0.39, 0.29) is 16.9 Å². The second kappa shape index (κ2) is 5.45. The van der Waals surface area contributed by atoms with Crippen molar-refractivity contribution in [2.75, 3.05) is 0 Å². The highest BCUT2D eigenvalue weighted by molar-refractivity contribution is 5.59. The van der Waals surface area contributed by atoms with Crippen LogP contribution in [0.15, 0.2) is 48.7 Å². The van der Waals surface area contributed by atoms with E-state index in [0.717, 1.165) is 22.9 Å². The van der Waals surface area contributed by atoms with Crippen LogP contribution in [0.1, 0.15) is 5.56 Å². The molecule has 1 aromatic heterocycles. The molecule has 0 aliphatic rings. The first-order valence-electron chi connectivity index (χ1n) is 6.40. The number of hydrogen-bond acceptors (Lipinski definition) is 2. The van der Waals surface area contributed by atoms with Crippen LogP contribution in [-0.2, 0) is 6.18 Å². The number of alkyl halides is 3. The van der Waals surface area contributed by atoms with E-state index in [1.165, 1.54) is 24.4 Å². The third-order valence-electron chi connectivity index (χ3n) is 3.14. The molecule has 0 aliphatic carbocycles. The average Bonchev–Trinajstić information content (AvgIpc) is 2.96.